The maximum absolute atomic E-state index is 13.0. The zero-order valence-corrected chi connectivity index (χ0v) is 11.5. The van der Waals surface area contributed by atoms with Crippen LogP contribution in [0, 0.1) is 15.9 Å². The molecular formula is C12H8Cl2FN3O2. The lowest BCUT2D eigenvalue weighted by Crippen LogP contribution is -2.05. The van der Waals surface area contributed by atoms with Crippen LogP contribution in [-0.4, -0.2) is 9.91 Å². The molecule has 2 aromatic rings. The molecule has 0 spiro atoms. The fourth-order valence-corrected chi connectivity index (χ4v) is 1.89. The number of benzene rings is 1. The van der Waals surface area contributed by atoms with Crippen LogP contribution < -0.4 is 5.32 Å². The summed E-state index contributed by atoms with van der Waals surface area (Å²) in [5.74, 6) is -0.481. The highest BCUT2D eigenvalue weighted by molar-refractivity contribution is 6.30. The number of hydrogen-bond donors (Lipinski definition) is 1. The third kappa shape index (κ3) is 3.34. The average Bonchev–Trinajstić information content (AvgIpc) is 2.40. The Labute approximate surface area is 123 Å². The van der Waals surface area contributed by atoms with Crippen molar-refractivity contribution in [1.29, 1.82) is 0 Å². The van der Waals surface area contributed by atoms with Gasteiger partial charge in [-0.1, -0.05) is 29.3 Å². The number of hydrogen-bond acceptors (Lipinski definition) is 4. The molecule has 0 amide bonds. The molecule has 0 aliphatic heterocycles. The molecule has 0 saturated heterocycles. The van der Waals surface area contributed by atoms with Gasteiger partial charge in [0.2, 0.25) is 5.82 Å². The van der Waals surface area contributed by atoms with Crippen LogP contribution in [0.25, 0.3) is 0 Å². The standard InChI is InChI=1S/C12H8Cl2FN3O2/c13-8-5-7(1-2-9(8)15)6-16-12-10(18(19)20)3-4-11(14)17-12/h1-5H,6H2,(H,16,17). The maximum atomic E-state index is 13.0. The van der Waals surface area contributed by atoms with Crippen LogP contribution in [-0.2, 0) is 6.54 Å². The van der Waals surface area contributed by atoms with E-state index >= 15 is 0 Å². The van der Waals surface area contributed by atoms with Crippen molar-refractivity contribution < 1.29 is 9.31 Å². The SMILES string of the molecule is O=[N+]([O-])c1ccc(Cl)nc1NCc1ccc(F)c(Cl)c1. The Morgan fingerprint density at radius 1 is 1.30 bits per heavy atom. The highest BCUT2D eigenvalue weighted by atomic mass is 35.5. The molecule has 1 aromatic carbocycles. The third-order valence-corrected chi connectivity index (χ3v) is 2.98. The van der Waals surface area contributed by atoms with Crippen molar-refractivity contribution in [2.45, 2.75) is 6.54 Å². The van der Waals surface area contributed by atoms with E-state index < -0.39 is 10.7 Å². The first-order valence-electron chi connectivity index (χ1n) is 5.46. The van der Waals surface area contributed by atoms with E-state index in [0.717, 1.165) is 0 Å². The van der Waals surface area contributed by atoms with Gasteiger partial charge in [0.25, 0.3) is 0 Å². The first-order chi connectivity index (χ1) is 9.47. The molecule has 0 atom stereocenters. The lowest BCUT2D eigenvalue weighted by molar-refractivity contribution is -0.384. The van der Waals surface area contributed by atoms with Gasteiger partial charge in [-0.15, -0.1) is 0 Å². The smallest absolute Gasteiger partial charge is 0.311 e. The fraction of sp³-hybridized carbons (Fsp3) is 0.0833. The summed E-state index contributed by atoms with van der Waals surface area (Å²) in [4.78, 5) is 14.1. The molecular weight excluding hydrogens is 308 g/mol. The number of halogens is 3. The molecule has 0 aliphatic carbocycles. The van der Waals surface area contributed by atoms with Crippen molar-refractivity contribution in [3.05, 3.63) is 62.0 Å². The molecule has 20 heavy (non-hydrogen) atoms. The van der Waals surface area contributed by atoms with E-state index in [4.69, 9.17) is 23.2 Å². The van der Waals surface area contributed by atoms with Crippen molar-refractivity contribution in [1.82, 2.24) is 4.98 Å². The molecule has 104 valence electrons. The van der Waals surface area contributed by atoms with Crippen LogP contribution in [0.2, 0.25) is 10.2 Å². The Balaban J connectivity index is 2.20. The summed E-state index contributed by atoms with van der Waals surface area (Å²) >= 11 is 11.4. The van der Waals surface area contributed by atoms with Gasteiger partial charge in [0, 0.05) is 12.6 Å². The summed E-state index contributed by atoms with van der Waals surface area (Å²) in [7, 11) is 0. The second-order valence-corrected chi connectivity index (χ2v) is 4.66. The Bertz CT molecular complexity index is 667. The minimum atomic E-state index is -0.566. The molecule has 0 unspecified atom stereocenters. The van der Waals surface area contributed by atoms with Gasteiger partial charge in [-0.2, -0.15) is 0 Å². The van der Waals surface area contributed by atoms with Crippen molar-refractivity contribution >= 4 is 34.7 Å². The predicted molar refractivity (Wildman–Crippen MR) is 74.6 cm³/mol. The summed E-state index contributed by atoms with van der Waals surface area (Å²) < 4.78 is 13.0. The number of nitrogens with one attached hydrogen (secondary N) is 1. The van der Waals surface area contributed by atoms with Crippen LogP contribution >= 0.6 is 23.2 Å². The molecule has 0 saturated carbocycles. The molecule has 0 aliphatic rings. The molecule has 0 fully saturated rings. The van der Waals surface area contributed by atoms with Gasteiger partial charge < -0.3 is 5.32 Å². The van der Waals surface area contributed by atoms with Crippen molar-refractivity contribution in [3.63, 3.8) is 0 Å². The summed E-state index contributed by atoms with van der Waals surface area (Å²) in [6, 6.07) is 6.76. The molecule has 8 heteroatoms. The Hall–Kier alpha value is -1.92. The van der Waals surface area contributed by atoms with Crippen molar-refractivity contribution in [3.8, 4) is 0 Å². The van der Waals surface area contributed by atoms with Crippen LogP contribution in [0.4, 0.5) is 15.9 Å². The minimum Gasteiger partial charge on any atom is -0.360 e. The van der Waals surface area contributed by atoms with Crippen LogP contribution in [0.5, 0.6) is 0 Å². The number of rotatable bonds is 4. The van der Waals surface area contributed by atoms with Crippen LogP contribution in [0.3, 0.4) is 0 Å². The normalized spacial score (nSPS) is 10.3. The molecule has 1 N–H and O–H groups in total. The van der Waals surface area contributed by atoms with Gasteiger partial charge in [0.15, 0.2) is 0 Å². The Kier molecular flexibility index (Phi) is 4.36. The van der Waals surface area contributed by atoms with Crippen molar-refractivity contribution in [2.75, 3.05) is 5.32 Å². The summed E-state index contributed by atoms with van der Waals surface area (Å²) in [5, 5.41) is 13.8. The predicted octanol–water partition coefficient (Wildman–Crippen LogP) is 4.05. The molecule has 0 bridgehead atoms. The highest BCUT2D eigenvalue weighted by Gasteiger charge is 2.15. The van der Waals surface area contributed by atoms with E-state index in [9.17, 15) is 14.5 Å². The number of nitrogens with zero attached hydrogens (tertiary/aromatic N) is 2. The quantitative estimate of drug-likeness (QED) is 0.525. The zero-order valence-electron chi connectivity index (χ0n) is 9.94. The highest BCUT2D eigenvalue weighted by Crippen LogP contribution is 2.25. The van der Waals surface area contributed by atoms with E-state index in [1.165, 1.54) is 30.3 Å². The summed E-state index contributed by atoms with van der Waals surface area (Å²) in [6.45, 7) is 0.203. The van der Waals surface area contributed by atoms with Crippen LogP contribution in [0.15, 0.2) is 30.3 Å². The second kappa shape index (κ2) is 6.02. The molecule has 1 heterocycles. The third-order valence-electron chi connectivity index (χ3n) is 2.48. The van der Waals surface area contributed by atoms with Gasteiger partial charge in [-0.25, -0.2) is 9.37 Å². The van der Waals surface area contributed by atoms with E-state index in [2.05, 4.69) is 10.3 Å². The Morgan fingerprint density at radius 2 is 2.05 bits per heavy atom. The topological polar surface area (TPSA) is 68.1 Å². The number of pyridine rings is 1. The van der Waals surface area contributed by atoms with Gasteiger partial charge in [-0.05, 0) is 23.8 Å². The minimum absolute atomic E-state index is 0.0159. The summed E-state index contributed by atoms with van der Waals surface area (Å²) in [6.07, 6.45) is 0. The monoisotopic (exact) mass is 315 g/mol. The van der Waals surface area contributed by atoms with Gasteiger partial charge in [-0.3, -0.25) is 10.1 Å². The van der Waals surface area contributed by atoms with Gasteiger partial charge in [0.1, 0.15) is 11.0 Å². The number of anilines is 1. The van der Waals surface area contributed by atoms with E-state index in [1.54, 1.807) is 0 Å². The molecule has 0 radical (unpaired) electrons. The second-order valence-electron chi connectivity index (χ2n) is 3.86. The van der Waals surface area contributed by atoms with Gasteiger partial charge in [0.05, 0.1) is 9.95 Å². The molecule has 2 rings (SSSR count). The number of nitro groups is 1. The maximum Gasteiger partial charge on any atom is 0.311 e. The van der Waals surface area contributed by atoms with Crippen LogP contribution in [0.1, 0.15) is 5.56 Å². The first kappa shape index (κ1) is 14.5. The van der Waals surface area contributed by atoms with E-state index in [1.807, 2.05) is 0 Å². The van der Waals surface area contributed by atoms with Gasteiger partial charge >= 0.3 is 5.69 Å². The number of aromatic nitrogens is 1. The zero-order chi connectivity index (χ0) is 14.7. The van der Waals surface area contributed by atoms with E-state index in [0.29, 0.717) is 5.56 Å². The van der Waals surface area contributed by atoms with Crippen molar-refractivity contribution in [2.24, 2.45) is 0 Å². The molecule has 1 aromatic heterocycles. The largest absolute Gasteiger partial charge is 0.360 e. The first-order valence-corrected chi connectivity index (χ1v) is 6.21. The lowest BCUT2D eigenvalue weighted by atomic mass is 10.2. The Morgan fingerprint density at radius 3 is 2.70 bits per heavy atom. The van der Waals surface area contributed by atoms with E-state index in [-0.39, 0.29) is 28.2 Å². The molecule has 5 nitrogen and oxygen atoms in total. The fourth-order valence-electron chi connectivity index (χ4n) is 1.54. The summed E-state index contributed by atoms with van der Waals surface area (Å²) in [5.41, 5.74) is 0.468. The lowest BCUT2D eigenvalue weighted by Gasteiger charge is -2.07. The average molecular weight is 316 g/mol.